The molecule has 1 N–H and O–H groups in total. The minimum Gasteiger partial charge on any atom is -0.349 e. The first-order chi connectivity index (χ1) is 15.1. The molecule has 0 aliphatic carbocycles. The van der Waals surface area contributed by atoms with Crippen LogP contribution >= 0.6 is 27.7 Å². The summed E-state index contributed by atoms with van der Waals surface area (Å²) in [5.41, 5.74) is 1.23. The van der Waals surface area contributed by atoms with Gasteiger partial charge in [0.2, 0.25) is 0 Å². The number of rotatable bonds is 5. The normalized spacial score (nSPS) is 14.3. The fraction of sp³-hybridized carbons (Fsp3) is 0.217. The van der Waals surface area contributed by atoms with Gasteiger partial charge in [-0.05, 0) is 65.2 Å². The smallest absolute Gasteiger partial charge is 0.255 e. The van der Waals surface area contributed by atoms with E-state index in [1.807, 2.05) is 41.3 Å². The van der Waals surface area contributed by atoms with E-state index in [1.54, 1.807) is 30.7 Å². The van der Waals surface area contributed by atoms with Gasteiger partial charge in [-0.3, -0.25) is 14.6 Å². The van der Waals surface area contributed by atoms with Crippen LogP contribution in [-0.2, 0) is 0 Å². The molecule has 1 fully saturated rings. The van der Waals surface area contributed by atoms with Crippen LogP contribution in [0.25, 0.3) is 0 Å². The molecule has 3 heterocycles. The molecule has 0 bridgehead atoms. The zero-order chi connectivity index (χ0) is 21.6. The Balaban J connectivity index is 1.38. The minimum absolute atomic E-state index is 0.0113. The second-order valence-corrected chi connectivity index (χ2v) is 9.17. The average Bonchev–Trinajstić information content (AvgIpc) is 2.81. The summed E-state index contributed by atoms with van der Waals surface area (Å²) >= 11 is 4.87. The number of carbonyl (C=O) groups excluding carboxylic acids is 2. The molecule has 4 rings (SSSR count). The molecule has 2 amide bonds. The molecule has 0 unspecified atom stereocenters. The van der Waals surface area contributed by atoms with Gasteiger partial charge >= 0.3 is 0 Å². The van der Waals surface area contributed by atoms with Gasteiger partial charge in [0.15, 0.2) is 0 Å². The maximum atomic E-state index is 13.2. The van der Waals surface area contributed by atoms with Gasteiger partial charge in [0.05, 0.1) is 11.1 Å². The molecule has 0 saturated carbocycles. The average molecular weight is 497 g/mol. The Bertz CT molecular complexity index is 1050. The second kappa shape index (κ2) is 10.1. The number of aromatic nitrogens is 2. The standard InChI is InChI=1S/C23H21BrN4O2S/c24-17-7-8-21(26-15-17)31-20-6-2-1-5-19(20)23(30)28-12-9-18(10-13-28)27-22(29)16-4-3-11-25-14-16/h1-8,11,14-15,18H,9-10,12-13H2,(H,27,29). The Morgan fingerprint density at radius 1 is 1.03 bits per heavy atom. The van der Waals surface area contributed by atoms with Gasteiger partial charge in [0.25, 0.3) is 11.8 Å². The van der Waals surface area contributed by atoms with E-state index in [2.05, 4.69) is 31.2 Å². The molecule has 3 aromatic rings. The number of halogens is 1. The predicted octanol–water partition coefficient (Wildman–Crippen LogP) is 4.42. The Morgan fingerprint density at radius 3 is 2.55 bits per heavy atom. The second-order valence-electron chi connectivity index (χ2n) is 7.19. The fourth-order valence-corrected chi connectivity index (χ4v) is 4.54. The molecule has 0 spiro atoms. The summed E-state index contributed by atoms with van der Waals surface area (Å²) in [4.78, 5) is 36.7. The van der Waals surface area contributed by atoms with Gasteiger partial charge < -0.3 is 10.2 Å². The van der Waals surface area contributed by atoms with Crippen molar-refractivity contribution in [3.8, 4) is 0 Å². The van der Waals surface area contributed by atoms with Crippen LogP contribution in [0.15, 0.2) is 81.5 Å². The number of likely N-dealkylation sites (tertiary alicyclic amines) is 1. The van der Waals surface area contributed by atoms with Crippen molar-refractivity contribution in [1.82, 2.24) is 20.2 Å². The van der Waals surface area contributed by atoms with Crippen molar-refractivity contribution < 1.29 is 9.59 Å². The monoisotopic (exact) mass is 496 g/mol. The molecule has 158 valence electrons. The van der Waals surface area contributed by atoms with E-state index in [1.165, 1.54) is 11.8 Å². The van der Waals surface area contributed by atoms with Crippen molar-refractivity contribution >= 4 is 39.5 Å². The first-order valence-electron chi connectivity index (χ1n) is 9.99. The van der Waals surface area contributed by atoms with Crippen LogP contribution < -0.4 is 5.32 Å². The number of nitrogens with one attached hydrogen (secondary N) is 1. The maximum Gasteiger partial charge on any atom is 0.255 e. The topological polar surface area (TPSA) is 75.2 Å². The first kappa shape index (κ1) is 21.5. The molecular formula is C23H21BrN4O2S. The summed E-state index contributed by atoms with van der Waals surface area (Å²) in [5.74, 6) is -0.112. The summed E-state index contributed by atoms with van der Waals surface area (Å²) in [6, 6.07) is 15.0. The lowest BCUT2D eigenvalue weighted by Gasteiger charge is -2.32. The Morgan fingerprint density at radius 2 is 1.84 bits per heavy atom. The lowest BCUT2D eigenvalue weighted by molar-refractivity contribution is 0.0694. The highest BCUT2D eigenvalue weighted by Crippen LogP contribution is 2.30. The third-order valence-electron chi connectivity index (χ3n) is 5.07. The van der Waals surface area contributed by atoms with Crippen LogP contribution in [0.1, 0.15) is 33.6 Å². The zero-order valence-corrected chi connectivity index (χ0v) is 19.1. The van der Waals surface area contributed by atoms with Crippen molar-refractivity contribution in [3.05, 3.63) is 82.7 Å². The van der Waals surface area contributed by atoms with E-state index in [4.69, 9.17) is 0 Å². The van der Waals surface area contributed by atoms with Gasteiger partial charge in [-0.15, -0.1) is 0 Å². The number of pyridine rings is 2. The zero-order valence-electron chi connectivity index (χ0n) is 16.7. The van der Waals surface area contributed by atoms with Gasteiger partial charge in [0, 0.05) is 47.1 Å². The molecule has 2 aromatic heterocycles. The van der Waals surface area contributed by atoms with Crippen LogP contribution in [0.2, 0.25) is 0 Å². The van der Waals surface area contributed by atoms with Crippen LogP contribution in [0.3, 0.4) is 0 Å². The van der Waals surface area contributed by atoms with E-state index in [0.29, 0.717) is 24.2 Å². The largest absolute Gasteiger partial charge is 0.349 e. The van der Waals surface area contributed by atoms with E-state index in [-0.39, 0.29) is 17.9 Å². The molecule has 1 aromatic carbocycles. The van der Waals surface area contributed by atoms with Crippen molar-refractivity contribution in [2.75, 3.05) is 13.1 Å². The summed E-state index contributed by atoms with van der Waals surface area (Å²) < 4.78 is 0.916. The maximum absolute atomic E-state index is 13.2. The molecular weight excluding hydrogens is 476 g/mol. The van der Waals surface area contributed by atoms with Crippen LogP contribution in [0.5, 0.6) is 0 Å². The quantitative estimate of drug-likeness (QED) is 0.565. The van der Waals surface area contributed by atoms with Crippen molar-refractivity contribution in [2.45, 2.75) is 28.8 Å². The van der Waals surface area contributed by atoms with Gasteiger partial charge in [-0.25, -0.2) is 4.98 Å². The van der Waals surface area contributed by atoms with Gasteiger partial charge in [0.1, 0.15) is 5.03 Å². The molecule has 1 aliphatic rings. The number of carbonyl (C=O) groups is 2. The van der Waals surface area contributed by atoms with E-state index >= 15 is 0 Å². The van der Waals surface area contributed by atoms with Crippen molar-refractivity contribution in [3.63, 3.8) is 0 Å². The third-order valence-corrected chi connectivity index (χ3v) is 6.57. The minimum atomic E-state index is -0.124. The van der Waals surface area contributed by atoms with E-state index in [0.717, 1.165) is 27.2 Å². The van der Waals surface area contributed by atoms with Gasteiger partial charge in [-0.1, -0.05) is 23.9 Å². The summed E-state index contributed by atoms with van der Waals surface area (Å²) in [5, 5.41) is 3.88. The van der Waals surface area contributed by atoms with E-state index in [9.17, 15) is 9.59 Å². The van der Waals surface area contributed by atoms with Crippen LogP contribution in [0.4, 0.5) is 0 Å². The van der Waals surface area contributed by atoms with Crippen molar-refractivity contribution in [2.24, 2.45) is 0 Å². The first-order valence-corrected chi connectivity index (χ1v) is 11.6. The Kier molecular flexibility index (Phi) is 6.99. The van der Waals surface area contributed by atoms with Crippen molar-refractivity contribution in [1.29, 1.82) is 0 Å². The molecule has 1 aliphatic heterocycles. The number of hydrogen-bond donors (Lipinski definition) is 1. The Hall–Kier alpha value is -2.71. The van der Waals surface area contributed by atoms with Crippen LogP contribution in [0, 0.1) is 0 Å². The van der Waals surface area contributed by atoms with Gasteiger partial charge in [-0.2, -0.15) is 0 Å². The Labute approximate surface area is 193 Å². The third kappa shape index (κ3) is 5.51. The summed E-state index contributed by atoms with van der Waals surface area (Å²) in [7, 11) is 0. The fourth-order valence-electron chi connectivity index (χ4n) is 3.43. The number of amides is 2. The predicted molar refractivity (Wildman–Crippen MR) is 123 cm³/mol. The number of piperidine rings is 1. The molecule has 1 saturated heterocycles. The summed E-state index contributed by atoms with van der Waals surface area (Å²) in [6.45, 7) is 1.21. The summed E-state index contributed by atoms with van der Waals surface area (Å²) in [6.07, 6.45) is 6.40. The molecule has 0 atom stereocenters. The molecule has 31 heavy (non-hydrogen) atoms. The highest BCUT2D eigenvalue weighted by Gasteiger charge is 2.26. The molecule has 0 radical (unpaired) electrons. The molecule has 8 heteroatoms. The lowest BCUT2D eigenvalue weighted by atomic mass is 10.0. The highest BCUT2D eigenvalue weighted by atomic mass is 79.9. The number of hydrogen-bond acceptors (Lipinski definition) is 5. The number of benzene rings is 1. The molecule has 6 nitrogen and oxygen atoms in total. The highest BCUT2D eigenvalue weighted by molar-refractivity contribution is 9.10. The number of nitrogens with zero attached hydrogens (tertiary/aromatic N) is 3. The lowest BCUT2D eigenvalue weighted by Crippen LogP contribution is -2.46. The van der Waals surface area contributed by atoms with E-state index < -0.39 is 0 Å². The SMILES string of the molecule is O=C(NC1CCN(C(=O)c2ccccc2Sc2ccc(Br)cn2)CC1)c1cccnc1. The van der Waals surface area contributed by atoms with Crippen LogP contribution in [-0.4, -0.2) is 45.8 Å².